The number of para-hydroxylation sites is 3. The minimum atomic E-state index is -0.123. The van der Waals surface area contributed by atoms with Crippen LogP contribution in [0.3, 0.4) is 0 Å². The summed E-state index contributed by atoms with van der Waals surface area (Å²) in [6, 6.07) is 99.7. The van der Waals surface area contributed by atoms with Crippen molar-refractivity contribution in [2.24, 2.45) is 5.92 Å². The van der Waals surface area contributed by atoms with Crippen molar-refractivity contribution in [1.82, 2.24) is 0 Å². The minimum absolute atomic E-state index is 0.102. The molecule has 1 aromatic heterocycles. The van der Waals surface area contributed by atoms with Gasteiger partial charge >= 0.3 is 0 Å². The van der Waals surface area contributed by atoms with Gasteiger partial charge in [0, 0.05) is 38.3 Å². The van der Waals surface area contributed by atoms with Crippen LogP contribution in [0.25, 0.3) is 77.6 Å². The second-order valence-electron chi connectivity index (χ2n) is 24.8. The summed E-state index contributed by atoms with van der Waals surface area (Å²) in [6.45, 7) is 2.32. The summed E-state index contributed by atoms with van der Waals surface area (Å²) in [5.41, 5.74) is 27.2. The highest BCUT2D eigenvalue weighted by Gasteiger charge is 2.70. The lowest BCUT2D eigenvalue weighted by atomic mass is 9.33. The normalized spacial score (nSPS) is 22.6. The monoisotopic (exact) mass is 1050 g/mol. The number of aryl methyl sites for hydroxylation is 1. The molecule has 11 aromatic carbocycles. The van der Waals surface area contributed by atoms with E-state index in [-0.39, 0.29) is 16.2 Å². The highest BCUT2D eigenvalue weighted by atomic mass is 16.3. The number of hydrogen-bond acceptors (Lipinski definition) is 2. The van der Waals surface area contributed by atoms with E-state index in [1.54, 1.807) is 22.3 Å². The van der Waals surface area contributed by atoms with Crippen LogP contribution in [0.4, 0.5) is 17.1 Å². The molecule has 0 N–H and O–H groups in total. The molecule has 5 aliphatic carbocycles. The summed E-state index contributed by atoms with van der Waals surface area (Å²) in [7, 11) is 0. The lowest BCUT2D eigenvalue weighted by Gasteiger charge is -2.70. The molecule has 6 unspecified atom stereocenters. The molecule has 1 heterocycles. The van der Waals surface area contributed by atoms with Gasteiger partial charge in [-0.15, -0.1) is 0 Å². The van der Waals surface area contributed by atoms with Crippen molar-refractivity contribution in [1.29, 1.82) is 0 Å². The van der Waals surface area contributed by atoms with Crippen LogP contribution >= 0.6 is 0 Å². The molecule has 0 radical (unpaired) electrons. The Morgan fingerprint density at radius 2 is 0.866 bits per heavy atom. The van der Waals surface area contributed by atoms with Gasteiger partial charge in [0.15, 0.2) is 5.58 Å². The molecule has 6 atom stereocenters. The molecule has 2 heteroatoms. The summed E-state index contributed by atoms with van der Waals surface area (Å²) >= 11 is 0. The Morgan fingerprint density at radius 3 is 1.62 bits per heavy atom. The number of rotatable bonds is 7. The second-order valence-corrected chi connectivity index (χ2v) is 24.8. The van der Waals surface area contributed by atoms with E-state index >= 15 is 0 Å². The van der Waals surface area contributed by atoms with Gasteiger partial charge in [0.1, 0.15) is 5.58 Å². The van der Waals surface area contributed by atoms with E-state index in [1.807, 2.05) is 0 Å². The van der Waals surface area contributed by atoms with Gasteiger partial charge in [0.25, 0.3) is 0 Å². The van der Waals surface area contributed by atoms with Crippen molar-refractivity contribution in [3.63, 3.8) is 0 Å². The maximum absolute atomic E-state index is 6.85. The lowest BCUT2D eigenvalue weighted by molar-refractivity contribution is -0.0728. The Bertz CT molecular complexity index is 4510. The van der Waals surface area contributed by atoms with E-state index in [1.165, 1.54) is 86.9 Å². The van der Waals surface area contributed by atoms with Crippen LogP contribution in [0.15, 0.2) is 265 Å². The first-order chi connectivity index (χ1) is 40.5. The zero-order valence-electron chi connectivity index (χ0n) is 46.4. The average Bonchev–Trinajstić information content (AvgIpc) is 2.81. The molecular weight excluding hydrogens is 991 g/mol. The summed E-state index contributed by atoms with van der Waals surface area (Å²) in [5, 5.41) is 2.23. The van der Waals surface area contributed by atoms with Gasteiger partial charge in [-0.25, -0.2) is 0 Å². The first kappa shape index (κ1) is 47.8. The van der Waals surface area contributed by atoms with Crippen molar-refractivity contribution >= 4 is 39.0 Å². The standard InChI is InChI=1S/C80H63NO/c1-52-22-5-6-25-58(52)64-30-11-15-36-69(64)78-46-21-47-79-49-56(51-80(77(78)79)50-55(48-78)59-26-7-9-29-63(59)65-31-12-16-37-70(65)80)60-27-8-10-33-67(60)75-62(34-19-38-71(75)79)54-42-44-57(45-43-54)81(72-39-17-13-28-61(72)53-23-3-2-4-24-53)73-40-20-35-68-66-32-14-18-41-74(66)82-76(68)73/h2-20,22-45,55-56,77H,21,46-51H2,1H3. The zero-order valence-corrected chi connectivity index (χ0v) is 46.4. The number of benzene rings is 11. The fraction of sp³-hybridized carbons (Fsp3) is 0.175. The van der Waals surface area contributed by atoms with Crippen LogP contribution in [-0.4, -0.2) is 0 Å². The quantitative estimate of drug-likeness (QED) is 0.158. The predicted octanol–water partition coefficient (Wildman–Crippen LogP) is 21.4. The van der Waals surface area contributed by atoms with E-state index in [0.29, 0.717) is 17.8 Å². The van der Waals surface area contributed by atoms with Crippen molar-refractivity contribution in [2.45, 2.75) is 80.0 Å². The first-order valence-electron chi connectivity index (χ1n) is 30.0. The van der Waals surface area contributed by atoms with Crippen LogP contribution in [0.5, 0.6) is 0 Å². The molecule has 394 valence electrons. The molecular formula is C80H63NO. The van der Waals surface area contributed by atoms with Crippen molar-refractivity contribution in [3.05, 3.63) is 294 Å². The fourth-order valence-corrected chi connectivity index (χ4v) is 18.4. The van der Waals surface area contributed by atoms with E-state index in [2.05, 4.69) is 273 Å². The van der Waals surface area contributed by atoms with Crippen molar-refractivity contribution < 1.29 is 4.42 Å². The van der Waals surface area contributed by atoms with Gasteiger partial charge in [0.05, 0.1) is 11.4 Å². The molecule has 3 saturated carbocycles. The average molecular weight is 1050 g/mol. The molecule has 17 rings (SSSR count). The van der Waals surface area contributed by atoms with E-state index in [9.17, 15) is 0 Å². The largest absolute Gasteiger partial charge is 0.454 e. The number of fused-ring (bicyclic) bond motifs is 13. The summed E-state index contributed by atoms with van der Waals surface area (Å²) < 4.78 is 6.85. The minimum Gasteiger partial charge on any atom is -0.454 e. The summed E-state index contributed by atoms with van der Waals surface area (Å²) in [4.78, 5) is 2.43. The van der Waals surface area contributed by atoms with E-state index < -0.39 is 0 Å². The SMILES string of the molecule is Cc1ccccc1-c1ccccc1C12CCCC34CC(CC5(CC(C1)c1ccccc1-c1ccccc15)C23)c1ccccc1-c1c(-c2ccc(N(c3ccccc3-c3ccccc3)c3cccc5c3oc3ccccc35)cc2)cccc14. The Morgan fingerprint density at radius 1 is 0.366 bits per heavy atom. The molecule has 0 aliphatic heterocycles. The third-order valence-corrected chi connectivity index (χ3v) is 21.0. The molecule has 0 amide bonds. The highest BCUT2D eigenvalue weighted by Crippen LogP contribution is 2.77. The van der Waals surface area contributed by atoms with Crippen LogP contribution in [0.2, 0.25) is 0 Å². The third-order valence-electron chi connectivity index (χ3n) is 21.0. The Balaban J connectivity index is 0.898. The summed E-state index contributed by atoms with van der Waals surface area (Å²) in [5.74, 6) is 1.14. The Hall–Kier alpha value is -8.98. The Labute approximate surface area is 481 Å². The third kappa shape index (κ3) is 6.82. The molecule has 82 heavy (non-hydrogen) atoms. The molecule has 5 aliphatic rings. The van der Waals surface area contributed by atoms with Gasteiger partial charge in [-0.1, -0.05) is 237 Å². The smallest absolute Gasteiger partial charge is 0.159 e. The van der Waals surface area contributed by atoms with Gasteiger partial charge in [-0.05, 0) is 177 Å². The van der Waals surface area contributed by atoms with Crippen molar-refractivity contribution in [2.75, 3.05) is 4.90 Å². The topological polar surface area (TPSA) is 16.4 Å². The lowest BCUT2D eigenvalue weighted by Crippen LogP contribution is -2.66. The molecule has 4 bridgehead atoms. The van der Waals surface area contributed by atoms with E-state index in [0.717, 1.165) is 63.8 Å². The Kier molecular flexibility index (Phi) is 10.6. The highest BCUT2D eigenvalue weighted by molar-refractivity contribution is 6.11. The first-order valence-corrected chi connectivity index (χ1v) is 30.0. The van der Waals surface area contributed by atoms with Gasteiger partial charge in [-0.2, -0.15) is 0 Å². The van der Waals surface area contributed by atoms with Gasteiger partial charge in [0.2, 0.25) is 0 Å². The zero-order chi connectivity index (χ0) is 54.2. The van der Waals surface area contributed by atoms with Crippen LogP contribution < -0.4 is 4.90 Å². The fourth-order valence-electron chi connectivity index (χ4n) is 18.4. The van der Waals surface area contributed by atoms with Crippen LogP contribution in [0, 0.1) is 12.8 Å². The predicted molar refractivity (Wildman–Crippen MR) is 340 cm³/mol. The van der Waals surface area contributed by atoms with E-state index in [4.69, 9.17) is 4.42 Å². The summed E-state index contributed by atoms with van der Waals surface area (Å²) in [6.07, 6.45) is 8.16. The maximum atomic E-state index is 6.85. The molecule has 3 fully saturated rings. The number of hydrogen-bond donors (Lipinski definition) is 0. The second kappa shape index (κ2) is 18.3. The number of nitrogens with zero attached hydrogens (tertiary/aromatic N) is 1. The molecule has 2 spiro atoms. The van der Waals surface area contributed by atoms with Gasteiger partial charge in [-0.3, -0.25) is 0 Å². The van der Waals surface area contributed by atoms with Crippen LogP contribution in [0.1, 0.15) is 90.2 Å². The van der Waals surface area contributed by atoms with Gasteiger partial charge < -0.3 is 9.32 Å². The number of anilines is 3. The number of furan rings is 1. The van der Waals surface area contributed by atoms with Crippen molar-refractivity contribution in [3.8, 4) is 55.6 Å². The molecule has 0 saturated heterocycles. The molecule has 12 aromatic rings. The van der Waals surface area contributed by atoms with Crippen LogP contribution in [-0.2, 0) is 16.2 Å². The maximum Gasteiger partial charge on any atom is 0.159 e. The molecule has 2 nitrogen and oxygen atoms in total.